The van der Waals surface area contributed by atoms with Crippen molar-refractivity contribution in [3.05, 3.63) is 58.4 Å². The van der Waals surface area contributed by atoms with Crippen LogP contribution in [0.5, 0.6) is 0 Å². The van der Waals surface area contributed by atoms with Crippen LogP contribution in [-0.2, 0) is 6.54 Å². The lowest BCUT2D eigenvalue weighted by molar-refractivity contribution is 0.199. The van der Waals surface area contributed by atoms with Gasteiger partial charge in [0.2, 0.25) is 0 Å². The van der Waals surface area contributed by atoms with Crippen molar-refractivity contribution >= 4 is 17.3 Å². The number of benzene rings is 1. The molecular weight excluding hydrogens is 272 g/mol. The molecule has 0 radical (unpaired) electrons. The molecule has 2 aromatic rings. The van der Waals surface area contributed by atoms with Crippen molar-refractivity contribution in [3.8, 4) is 0 Å². The van der Waals surface area contributed by atoms with Crippen molar-refractivity contribution in [2.75, 3.05) is 11.9 Å². The second-order valence-corrected chi connectivity index (χ2v) is 5.42. The standard InChI is InChI=1S/C16H19ClN2O/c1-11-5-4-6-13(18-11)10-19(3)14-7-8-15(12(2)20)16(17)9-14/h4-9,12,20H,10H2,1-3H3. The largest absolute Gasteiger partial charge is 0.389 e. The van der Waals surface area contributed by atoms with E-state index in [-0.39, 0.29) is 0 Å². The Bertz CT molecular complexity index is 599. The highest BCUT2D eigenvalue weighted by Crippen LogP contribution is 2.27. The number of anilines is 1. The number of hydrogen-bond donors (Lipinski definition) is 1. The quantitative estimate of drug-likeness (QED) is 0.932. The Morgan fingerprint density at radius 3 is 2.65 bits per heavy atom. The van der Waals surface area contributed by atoms with Crippen molar-refractivity contribution in [1.29, 1.82) is 0 Å². The molecule has 0 saturated carbocycles. The Balaban J connectivity index is 2.17. The smallest absolute Gasteiger partial charge is 0.0776 e. The molecular formula is C16H19ClN2O. The fourth-order valence-electron chi connectivity index (χ4n) is 2.11. The second-order valence-electron chi connectivity index (χ2n) is 5.01. The summed E-state index contributed by atoms with van der Waals surface area (Å²) in [6, 6.07) is 11.7. The van der Waals surface area contributed by atoms with Crippen LogP contribution in [0.4, 0.5) is 5.69 Å². The molecule has 0 aliphatic carbocycles. The van der Waals surface area contributed by atoms with Crippen LogP contribution in [0.25, 0.3) is 0 Å². The first kappa shape index (κ1) is 14.8. The van der Waals surface area contributed by atoms with E-state index in [9.17, 15) is 5.11 Å². The van der Waals surface area contributed by atoms with Crippen molar-refractivity contribution in [1.82, 2.24) is 4.98 Å². The average Bonchev–Trinajstić information content (AvgIpc) is 2.38. The van der Waals surface area contributed by atoms with Crippen molar-refractivity contribution in [2.24, 2.45) is 0 Å². The van der Waals surface area contributed by atoms with Gasteiger partial charge < -0.3 is 10.0 Å². The minimum atomic E-state index is -0.555. The zero-order valence-corrected chi connectivity index (χ0v) is 12.7. The maximum absolute atomic E-state index is 9.59. The Kier molecular flexibility index (Phi) is 4.63. The number of rotatable bonds is 4. The highest BCUT2D eigenvalue weighted by atomic mass is 35.5. The molecule has 2 rings (SSSR count). The van der Waals surface area contributed by atoms with E-state index in [4.69, 9.17) is 11.6 Å². The first-order chi connectivity index (χ1) is 9.47. The Labute approximate surface area is 124 Å². The third kappa shape index (κ3) is 3.50. The summed E-state index contributed by atoms with van der Waals surface area (Å²) in [5, 5.41) is 10.2. The van der Waals surface area contributed by atoms with Gasteiger partial charge in [0, 0.05) is 23.5 Å². The van der Waals surface area contributed by atoms with Crippen LogP contribution in [0.15, 0.2) is 36.4 Å². The highest BCUT2D eigenvalue weighted by Gasteiger charge is 2.09. The molecule has 1 atom stereocenters. The molecule has 20 heavy (non-hydrogen) atoms. The van der Waals surface area contributed by atoms with E-state index >= 15 is 0 Å². The number of halogens is 1. The van der Waals surface area contributed by atoms with Gasteiger partial charge in [-0.25, -0.2) is 0 Å². The van der Waals surface area contributed by atoms with Crippen LogP contribution in [-0.4, -0.2) is 17.1 Å². The van der Waals surface area contributed by atoms with E-state index in [0.29, 0.717) is 11.6 Å². The normalized spacial score (nSPS) is 12.2. The molecule has 0 bridgehead atoms. The van der Waals surface area contributed by atoms with Crippen LogP contribution in [0.1, 0.15) is 30.0 Å². The molecule has 3 nitrogen and oxygen atoms in total. The molecule has 0 fully saturated rings. The molecule has 0 saturated heterocycles. The van der Waals surface area contributed by atoms with Gasteiger partial charge in [-0.3, -0.25) is 4.98 Å². The van der Waals surface area contributed by atoms with Gasteiger partial charge in [-0.15, -0.1) is 0 Å². The molecule has 0 spiro atoms. The Morgan fingerprint density at radius 1 is 1.30 bits per heavy atom. The van der Waals surface area contributed by atoms with E-state index in [2.05, 4.69) is 9.88 Å². The lowest BCUT2D eigenvalue weighted by atomic mass is 10.1. The minimum Gasteiger partial charge on any atom is -0.389 e. The molecule has 1 unspecified atom stereocenters. The molecule has 1 aromatic heterocycles. The molecule has 0 aliphatic heterocycles. The van der Waals surface area contributed by atoms with Gasteiger partial charge in [-0.05, 0) is 43.7 Å². The van der Waals surface area contributed by atoms with Gasteiger partial charge in [0.15, 0.2) is 0 Å². The van der Waals surface area contributed by atoms with E-state index < -0.39 is 6.10 Å². The summed E-state index contributed by atoms with van der Waals surface area (Å²) >= 11 is 6.19. The second kappa shape index (κ2) is 6.25. The number of nitrogens with zero attached hydrogens (tertiary/aromatic N) is 2. The van der Waals surface area contributed by atoms with Crippen LogP contribution in [0, 0.1) is 6.92 Å². The maximum atomic E-state index is 9.59. The van der Waals surface area contributed by atoms with Gasteiger partial charge in [0.05, 0.1) is 18.3 Å². The monoisotopic (exact) mass is 290 g/mol. The van der Waals surface area contributed by atoms with Crippen molar-refractivity contribution in [2.45, 2.75) is 26.5 Å². The highest BCUT2D eigenvalue weighted by molar-refractivity contribution is 6.31. The number of hydrogen-bond acceptors (Lipinski definition) is 3. The first-order valence-electron chi connectivity index (χ1n) is 6.58. The Morgan fingerprint density at radius 2 is 2.05 bits per heavy atom. The molecule has 0 amide bonds. The molecule has 106 valence electrons. The van der Waals surface area contributed by atoms with Gasteiger partial charge in [-0.2, -0.15) is 0 Å². The predicted octanol–water partition coefficient (Wildman–Crippen LogP) is 3.73. The zero-order chi connectivity index (χ0) is 14.7. The number of aryl methyl sites for hydroxylation is 1. The summed E-state index contributed by atoms with van der Waals surface area (Å²) in [7, 11) is 2.00. The fraction of sp³-hybridized carbons (Fsp3) is 0.312. The zero-order valence-electron chi connectivity index (χ0n) is 12.0. The maximum Gasteiger partial charge on any atom is 0.0776 e. The number of aliphatic hydroxyl groups excluding tert-OH is 1. The SMILES string of the molecule is Cc1cccc(CN(C)c2ccc(C(C)O)c(Cl)c2)n1. The number of aliphatic hydroxyl groups is 1. The lowest BCUT2D eigenvalue weighted by Crippen LogP contribution is -2.17. The first-order valence-corrected chi connectivity index (χ1v) is 6.96. The van der Waals surface area contributed by atoms with E-state index in [1.807, 2.05) is 50.4 Å². The van der Waals surface area contributed by atoms with Gasteiger partial charge >= 0.3 is 0 Å². The molecule has 4 heteroatoms. The van der Waals surface area contributed by atoms with Gasteiger partial charge in [0.1, 0.15) is 0 Å². The average molecular weight is 291 g/mol. The summed E-state index contributed by atoms with van der Waals surface area (Å²) in [4.78, 5) is 6.58. The minimum absolute atomic E-state index is 0.555. The fourth-order valence-corrected chi connectivity index (χ4v) is 2.45. The van der Waals surface area contributed by atoms with E-state index in [1.165, 1.54) is 0 Å². The van der Waals surface area contributed by atoms with Crippen LogP contribution < -0.4 is 4.90 Å². The summed E-state index contributed by atoms with van der Waals surface area (Å²) in [6.45, 7) is 4.41. The van der Waals surface area contributed by atoms with Crippen molar-refractivity contribution < 1.29 is 5.11 Å². The Hall–Kier alpha value is -1.58. The lowest BCUT2D eigenvalue weighted by Gasteiger charge is -2.20. The van der Waals surface area contributed by atoms with Gasteiger partial charge in [0.25, 0.3) is 0 Å². The van der Waals surface area contributed by atoms with Crippen LogP contribution in [0.2, 0.25) is 5.02 Å². The summed E-state index contributed by atoms with van der Waals surface area (Å²) in [5.41, 5.74) is 3.78. The summed E-state index contributed by atoms with van der Waals surface area (Å²) in [5.74, 6) is 0. The van der Waals surface area contributed by atoms with E-state index in [1.54, 1.807) is 6.92 Å². The topological polar surface area (TPSA) is 36.4 Å². The molecule has 1 N–H and O–H groups in total. The van der Waals surface area contributed by atoms with Crippen LogP contribution in [0.3, 0.4) is 0 Å². The van der Waals surface area contributed by atoms with E-state index in [0.717, 1.165) is 22.6 Å². The van der Waals surface area contributed by atoms with Crippen LogP contribution >= 0.6 is 11.6 Å². The van der Waals surface area contributed by atoms with Gasteiger partial charge in [-0.1, -0.05) is 23.7 Å². The summed E-state index contributed by atoms with van der Waals surface area (Å²) in [6.07, 6.45) is -0.555. The molecule has 0 aliphatic rings. The predicted molar refractivity (Wildman–Crippen MR) is 83.2 cm³/mol. The van der Waals surface area contributed by atoms with Crippen molar-refractivity contribution in [3.63, 3.8) is 0 Å². The third-order valence-corrected chi connectivity index (χ3v) is 3.55. The number of aromatic nitrogens is 1. The molecule has 1 aromatic carbocycles. The summed E-state index contributed by atoms with van der Waals surface area (Å²) < 4.78 is 0. The third-order valence-electron chi connectivity index (χ3n) is 3.22. The number of pyridine rings is 1. The molecule has 1 heterocycles.